The van der Waals surface area contributed by atoms with E-state index >= 15 is 0 Å². The maximum Gasteiger partial charge on any atom is 0.251 e. The highest BCUT2D eigenvalue weighted by molar-refractivity contribution is 6.35. The SMILES string of the molecule is Cc1cc(Cl)c2cc(F)cc(C(N)=O)c2n1. The molecular formula is C11H8ClFN2O. The van der Waals surface area contributed by atoms with E-state index in [-0.39, 0.29) is 5.56 Å². The van der Waals surface area contributed by atoms with Crippen LogP contribution in [0.2, 0.25) is 5.02 Å². The maximum atomic E-state index is 13.2. The first-order valence-corrected chi connectivity index (χ1v) is 4.93. The highest BCUT2D eigenvalue weighted by Gasteiger charge is 2.13. The fourth-order valence-electron chi connectivity index (χ4n) is 1.56. The second-order valence-electron chi connectivity index (χ2n) is 3.46. The first kappa shape index (κ1) is 10.8. The number of carbonyl (C=O) groups is 1. The van der Waals surface area contributed by atoms with E-state index in [2.05, 4.69) is 4.98 Å². The topological polar surface area (TPSA) is 56.0 Å². The second kappa shape index (κ2) is 3.72. The summed E-state index contributed by atoms with van der Waals surface area (Å²) in [7, 11) is 0. The van der Waals surface area contributed by atoms with Crippen LogP contribution in [0, 0.1) is 12.7 Å². The summed E-state index contributed by atoms with van der Waals surface area (Å²) in [5, 5.41) is 0.741. The summed E-state index contributed by atoms with van der Waals surface area (Å²) < 4.78 is 13.2. The Morgan fingerprint density at radius 1 is 1.44 bits per heavy atom. The minimum Gasteiger partial charge on any atom is -0.366 e. The van der Waals surface area contributed by atoms with Gasteiger partial charge in [0.15, 0.2) is 0 Å². The number of amides is 1. The second-order valence-corrected chi connectivity index (χ2v) is 3.87. The van der Waals surface area contributed by atoms with Crippen LogP contribution in [0.5, 0.6) is 0 Å². The van der Waals surface area contributed by atoms with Crippen LogP contribution >= 0.6 is 11.6 Å². The smallest absolute Gasteiger partial charge is 0.251 e. The number of hydrogen-bond acceptors (Lipinski definition) is 2. The number of nitrogens with two attached hydrogens (primary N) is 1. The Kier molecular flexibility index (Phi) is 2.52. The first-order chi connectivity index (χ1) is 7.49. The molecule has 82 valence electrons. The molecule has 16 heavy (non-hydrogen) atoms. The predicted octanol–water partition coefficient (Wildman–Crippen LogP) is 2.43. The molecule has 1 aromatic heterocycles. The van der Waals surface area contributed by atoms with E-state index in [1.807, 2.05) is 0 Å². The summed E-state index contributed by atoms with van der Waals surface area (Å²) in [6.45, 7) is 1.74. The molecule has 1 amide bonds. The molecule has 0 radical (unpaired) electrons. The van der Waals surface area contributed by atoms with Crippen molar-refractivity contribution in [2.75, 3.05) is 0 Å². The van der Waals surface area contributed by atoms with Gasteiger partial charge >= 0.3 is 0 Å². The summed E-state index contributed by atoms with van der Waals surface area (Å²) in [5.41, 5.74) is 6.18. The van der Waals surface area contributed by atoms with Gasteiger partial charge in [0, 0.05) is 11.1 Å². The van der Waals surface area contributed by atoms with E-state index in [0.717, 1.165) is 6.07 Å². The van der Waals surface area contributed by atoms with E-state index in [1.165, 1.54) is 6.07 Å². The number of nitrogens with zero attached hydrogens (tertiary/aromatic N) is 1. The van der Waals surface area contributed by atoms with Gasteiger partial charge in [-0.05, 0) is 25.1 Å². The van der Waals surface area contributed by atoms with Gasteiger partial charge in [0.05, 0.1) is 16.1 Å². The zero-order chi connectivity index (χ0) is 11.9. The molecule has 0 aliphatic rings. The third kappa shape index (κ3) is 1.72. The zero-order valence-corrected chi connectivity index (χ0v) is 9.18. The molecule has 0 saturated carbocycles. The Hall–Kier alpha value is -1.68. The van der Waals surface area contributed by atoms with Crippen molar-refractivity contribution in [3.63, 3.8) is 0 Å². The van der Waals surface area contributed by atoms with Gasteiger partial charge in [0.2, 0.25) is 0 Å². The standard InChI is InChI=1S/C11H8ClFN2O/c1-5-2-9(12)7-3-6(13)4-8(11(14)16)10(7)15-5/h2-4H,1H3,(H2,14,16). The average Bonchev–Trinajstić information content (AvgIpc) is 2.18. The van der Waals surface area contributed by atoms with Crippen LogP contribution in [-0.4, -0.2) is 10.9 Å². The lowest BCUT2D eigenvalue weighted by molar-refractivity contribution is 0.100. The van der Waals surface area contributed by atoms with Gasteiger partial charge in [-0.2, -0.15) is 0 Å². The minimum absolute atomic E-state index is 0.0422. The summed E-state index contributed by atoms with van der Waals surface area (Å²) in [5.74, 6) is -1.28. The van der Waals surface area contributed by atoms with Gasteiger partial charge in [0.25, 0.3) is 5.91 Å². The van der Waals surface area contributed by atoms with Crippen LogP contribution in [0.25, 0.3) is 10.9 Å². The van der Waals surface area contributed by atoms with Crippen molar-refractivity contribution in [3.8, 4) is 0 Å². The monoisotopic (exact) mass is 238 g/mol. The molecule has 1 aromatic carbocycles. The van der Waals surface area contributed by atoms with Crippen molar-refractivity contribution in [1.29, 1.82) is 0 Å². The number of benzene rings is 1. The number of rotatable bonds is 1. The lowest BCUT2D eigenvalue weighted by atomic mass is 10.1. The molecule has 3 nitrogen and oxygen atoms in total. The van der Waals surface area contributed by atoms with Gasteiger partial charge in [-0.15, -0.1) is 0 Å². The summed E-state index contributed by atoms with van der Waals surface area (Å²) in [6.07, 6.45) is 0. The number of fused-ring (bicyclic) bond motifs is 1. The van der Waals surface area contributed by atoms with Gasteiger partial charge in [-0.3, -0.25) is 9.78 Å². The lowest BCUT2D eigenvalue weighted by Crippen LogP contribution is -2.12. The molecule has 0 bridgehead atoms. The summed E-state index contributed by atoms with van der Waals surface area (Å²) >= 11 is 5.95. The highest BCUT2D eigenvalue weighted by Crippen LogP contribution is 2.26. The minimum atomic E-state index is -0.723. The normalized spacial score (nSPS) is 10.7. The molecule has 0 saturated heterocycles. The first-order valence-electron chi connectivity index (χ1n) is 4.55. The van der Waals surface area contributed by atoms with Crippen LogP contribution in [0.15, 0.2) is 18.2 Å². The number of aryl methyl sites for hydroxylation is 1. The Bertz CT molecular complexity index is 598. The van der Waals surface area contributed by atoms with E-state index in [0.29, 0.717) is 21.6 Å². The molecule has 5 heteroatoms. The molecule has 0 unspecified atom stereocenters. The Morgan fingerprint density at radius 2 is 2.12 bits per heavy atom. The Morgan fingerprint density at radius 3 is 2.75 bits per heavy atom. The van der Waals surface area contributed by atoms with Crippen LogP contribution in [0.3, 0.4) is 0 Å². The fourth-order valence-corrected chi connectivity index (χ4v) is 1.86. The van der Waals surface area contributed by atoms with Gasteiger partial charge in [-0.25, -0.2) is 4.39 Å². The van der Waals surface area contributed by atoms with Crippen molar-refractivity contribution in [1.82, 2.24) is 4.98 Å². The molecule has 0 spiro atoms. The molecule has 2 rings (SSSR count). The van der Waals surface area contributed by atoms with Crippen molar-refractivity contribution in [3.05, 3.63) is 40.3 Å². The Labute approximate surface area is 96.0 Å². The van der Waals surface area contributed by atoms with Crippen molar-refractivity contribution >= 4 is 28.4 Å². The lowest BCUT2D eigenvalue weighted by Gasteiger charge is -2.06. The van der Waals surface area contributed by atoms with Gasteiger partial charge < -0.3 is 5.73 Å². The number of pyridine rings is 1. The van der Waals surface area contributed by atoms with E-state index < -0.39 is 11.7 Å². The molecule has 0 atom stereocenters. The number of carbonyl (C=O) groups excluding carboxylic acids is 1. The van der Waals surface area contributed by atoms with Gasteiger partial charge in [-0.1, -0.05) is 11.6 Å². The number of halogens is 2. The van der Waals surface area contributed by atoms with Gasteiger partial charge in [0.1, 0.15) is 5.82 Å². The molecular weight excluding hydrogens is 231 g/mol. The molecule has 0 fully saturated rings. The van der Waals surface area contributed by atoms with Crippen LogP contribution in [-0.2, 0) is 0 Å². The van der Waals surface area contributed by atoms with Crippen LogP contribution in [0.4, 0.5) is 4.39 Å². The molecule has 2 N–H and O–H groups in total. The number of primary amides is 1. The summed E-state index contributed by atoms with van der Waals surface area (Å²) in [4.78, 5) is 15.3. The van der Waals surface area contributed by atoms with Crippen LogP contribution in [0.1, 0.15) is 16.1 Å². The number of aromatic nitrogens is 1. The third-order valence-corrected chi connectivity index (χ3v) is 2.53. The van der Waals surface area contributed by atoms with E-state index in [4.69, 9.17) is 17.3 Å². The summed E-state index contributed by atoms with van der Waals surface area (Å²) in [6, 6.07) is 3.90. The zero-order valence-electron chi connectivity index (χ0n) is 8.42. The fraction of sp³-hybridized carbons (Fsp3) is 0.0909. The molecule has 1 heterocycles. The largest absolute Gasteiger partial charge is 0.366 e. The van der Waals surface area contributed by atoms with Crippen molar-refractivity contribution in [2.45, 2.75) is 6.92 Å². The van der Waals surface area contributed by atoms with Crippen molar-refractivity contribution < 1.29 is 9.18 Å². The quantitative estimate of drug-likeness (QED) is 0.830. The van der Waals surface area contributed by atoms with Crippen LogP contribution < -0.4 is 5.73 Å². The average molecular weight is 239 g/mol. The number of hydrogen-bond donors (Lipinski definition) is 1. The van der Waals surface area contributed by atoms with E-state index in [9.17, 15) is 9.18 Å². The van der Waals surface area contributed by atoms with E-state index in [1.54, 1.807) is 13.0 Å². The third-order valence-electron chi connectivity index (χ3n) is 2.22. The molecule has 0 aliphatic heterocycles. The molecule has 2 aromatic rings. The predicted molar refractivity (Wildman–Crippen MR) is 60.0 cm³/mol. The highest BCUT2D eigenvalue weighted by atomic mass is 35.5. The maximum absolute atomic E-state index is 13.2. The van der Waals surface area contributed by atoms with Crippen molar-refractivity contribution in [2.24, 2.45) is 5.73 Å². The molecule has 0 aliphatic carbocycles. The Balaban J connectivity index is 2.95.